The number of carbonyl (C=O) groups is 3. The highest BCUT2D eigenvalue weighted by Crippen LogP contribution is 2.47. The fourth-order valence-corrected chi connectivity index (χ4v) is 6.29. The number of urea groups is 1. The third-order valence-electron chi connectivity index (χ3n) is 5.86. The summed E-state index contributed by atoms with van der Waals surface area (Å²) in [6, 6.07) is 5.20. The largest absolute Gasteiger partial charge is 0.453 e. The van der Waals surface area contributed by atoms with Crippen LogP contribution in [0.5, 0.6) is 0 Å². The lowest BCUT2D eigenvalue weighted by Crippen LogP contribution is -2.41. The number of ether oxygens (including phenoxy) is 1. The van der Waals surface area contributed by atoms with Gasteiger partial charge in [-0.05, 0) is 30.2 Å². The van der Waals surface area contributed by atoms with Crippen LogP contribution in [0.15, 0.2) is 28.6 Å². The Morgan fingerprint density at radius 1 is 1.33 bits per heavy atom. The van der Waals surface area contributed by atoms with Crippen molar-refractivity contribution in [3.63, 3.8) is 0 Å². The topological polar surface area (TPSA) is 104 Å². The molecule has 12 heteroatoms. The van der Waals surface area contributed by atoms with Gasteiger partial charge in [0.1, 0.15) is 0 Å². The van der Waals surface area contributed by atoms with Gasteiger partial charge in [0.15, 0.2) is 5.13 Å². The molecule has 4 amide bonds. The number of halogens is 1. The number of carbonyl (C=O) groups excluding carboxylic acids is 3. The molecule has 176 valence electrons. The van der Waals surface area contributed by atoms with Crippen molar-refractivity contribution in [3.05, 3.63) is 35.0 Å². The summed E-state index contributed by atoms with van der Waals surface area (Å²) in [7, 11) is 2.98. The van der Waals surface area contributed by atoms with E-state index in [1.165, 1.54) is 30.2 Å². The van der Waals surface area contributed by atoms with Crippen LogP contribution in [-0.4, -0.2) is 67.5 Å². The quantitative estimate of drug-likeness (QED) is 0.594. The smallest absolute Gasteiger partial charge is 0.409 e. The third-order valence-corrected chi connectivity index (χ3v) is 8.21. The molecule has 2 N–H and O–H groups in total. The molecule has 9 nitrogen and oxygen atoms in total. The van der Waals surface area contributed by atoms with Gasteiger partial charge in [-0.15, -0.1) is 11.8 Å². The van der Waals surface area contributed by atoms with Crippen LogP contribution in [0.4, 0.5) is 20.4 Å². The molecule has 33 heavy (non-hydrogen) atoms. The molecule has 4 rings (SSSR count). The zero-order chi connectivity index (χ0) is 23.6. The minimum atomic E-state index is -0.393. The molecule has 3 heterocycles. The van der Waals surface area contributed by atoms with Crippen molar-refractivity contribution < 1.29 is 19.1 Å². The minimum absolute atomic E-state index is 0.0139. The van der Waals surface area contributed by atoms with Gasteiger partial charge in [-0.3, -0.25) is 15.0 Å². The second-order valence-corrected chi connectivity index (χ2v) is 10.7. The summed E-state index contributed by atoms with van der Waals surface area (Å²) in [5, 5.41) is 6.56. The van der Waals surface area contributed by atoms with E-state index in [0.717, 1.165) is 15.5 Å². The zero-order valence-electron chi connectivity index (χ0n) is 18.2. The van der Waals surface area contributed by atoms with E-state index in [-0.39, 0.29) is 18.0 Å². The van der Waals surface area contributed by atoms with E-state index < -0.39 is 5.41 Å². The Morgan fingerprint density at radius 2 is 2.15 bits per heavy atom. The normalized spacial score (nSPS) is 19.0. The van der Waals surface area contributed by atoms with Crippen molar-refractivity contribution in [2.24, 2.45) is 0 Å². The standard InChI is InChI=1S/C21H24ClN5O4S2/c1-23-16(28)5-8-32-17-10-24-18(33-17)25-19(29)27-12-21(6-7-26(11-21)20(30)31-2)14-9-13(22)3-4-15(14)27/h3-4,9-10H,5-8,11-12H2,1-2H3,(H,23,28)(H,24,25,29). The van der Waals surface area contributed by atoms with Gasteiger partial charge in [-0.25, -0.2) is 14.6 Å². The Balaban J connectivity index is 1.47. The summed E-state index contributed by atoms with van der Waals surface area (Å²) in [6.07, 6.45) is 2.45. The predicted octanol–water partition coefficient (Wildman–Crippen LogP) is 3.79. The minimum Gasteiger partial charge on any atom is -0.453 e. The Hall–Kier alpha value is -2.50. The number of nitrogens with one attached hydrogen (secondary N) is 2. The Morgan fingerprint density at radius 3 is 2.91 bits per heavy atom. The van der Waals surface area contributed by atoms with E-state index in [2.05, 4.69) is 15.6 Å². The molecule has 0 radical (unpaired) electrons. The van der Waals surface area contributed by atoms with Crippen molar-refractivity contribution >= 4 is 63.6 Å². The summed E-state index contributed by atoms with van der Waals surface area (Å²) in [4.78, 5) is 44.3. The van der Waals surface area contributed by atoms with E-state index in [4.69, 9.17) is 16.3 Å². The highest BCUT2D eigenvalue weighted by molar-refractivity contribution is 8.01. The molecule has 0 saturated carbocycles. The van der Waals surface area contributed by atoms with Gasteiger partial charge in [0.05, 0.1) is 17.5 Å². The maximum absolute atomic E-state index is 13.2. The molecule has 1 saturated heterocycles. The highest BCUT2D eigenvalue weighted by Gasteiger charge is 2.50. The molecule has 1 aromatic heterocycles. The van der Waals surface area contributed by atoms with Gasteiger partial charge < -0.3 is 15.0 Å². The first-order valence-electron chi connectivity index (χ1n) is 10.4. The molecule has 2 aromatic rings. The number of rotatable bonds is 5. The fraction of sp³-hybridized carbons (Fsp3) is 0.429. The average Bonchev–Trinajstić information content (AvgIpc) is 3.52. The number of methoxy groups -OCH3 is 1. The second kappa shape index (κ2) is 9.78. The first-order valence-corrected chi connectivity index (χ1v) is 12.5. The van der Waals surface area contributed by atoms with Crippen LogP contribution in [0.1, 0.15) is 18.4 Å². The summed E-state index contributed by atoms with van der Waals surface area (Å²) in [6.45, 7) is 1.44. The summed E-state index contributed by atoms with van der Waals surface area (Å²) in [5.41, 5.74) is 1.34. The van der Waals surface area contributed by atoms with Gasteiger partial charge in [0, 0.05) is 55.0 Å². The maximum atomic E-state index is 13.2. The van der Waals surface area contributed by atoms with E-state index in [0.29, 0.717) is 48.4 Å². The van der Waals surface area contributed by atoms with Crippen LogP contribution in [0, 0.1) is 0 Å². The molecule has 1 unspecified atom stereocenters. The van der Waals surface area contributed by atoms with Gasteiger partial charge in [0.2, 0.25) is 5.91 Å². The monoisotopic (exact) mass is 509 g/mol. The van der Waals surface area contributed by atoms with Gasteiger partial charge in [-0.1, -0.05) is 22.9 Å². The number of thioether (sulfide) groups is 1. The molecule has 1 aromatic carbocycles. The van der Waals surface area contributed by atoms with Gasteiger partial charge in [0.25, 0.3) is 0 Å². The molecule has 1 atom stereocenters. The summed E-state index contributed by atoms with van der Waals surface area (Å²) >= 11 is 9.17. The van der Waals surface area contributed by atoms with Crippen molar-refractivity contribution in [2.75, 3.05) is 49.8 Å². The average molecular weight is 510 g/mol. The molecule has 2 aliphatic rings. The van der Waals surface area contributed by atoms with Crippen molar-refractivity contribution in [1.82, 2.24) is 15.2 Å². The van der Waals surface area contributed by atoms with Crippen molar-refractivity contribution in [2.45, 2.75) is 22.5 Å². The number of aromatic nitrogens is 1. The lowest BCUT2D eigenvalue weighted by molar-refractivity contribution is -0.120. The molecule has 1 fully saturated rings. The van der Waals surface area contributed by atoms with E-state index >= 15 is 0 Å². The van der Waals surface area contributed by atoms with E-state index in [1.807, 2.05) is 12.1 Å². The number of hydrogen-bond acceptors (Lipinski definition) is 7. The van der Waals surface area contributed by atoms with E-state index in [9.17, 15) is 14.4 Å². The summed E-state index contributed by atoms with van der Waals surface area (Å²) in [5.74, 6) is 0.620. The van der Waals surface area contributed by atoms with Crippen LogP contribution < -0.4 is 15.5 Å². The second-order valence-electron chi connectivity index (χ2n) is 7.86. The lowest BCUT2D eigenvalue weighted by Gasteiger charge is -2.25. The Labute approximate surface area is 204 Å². The van der Waals surface area contributed by atoms with Crippen molar-refractivity contribution in [1.29, 1.82) is 0 Å². The van der Waals surface area contributed by atoms with Crippen LogP contribution in [0.25, 0.3) is 0 Å². The van der Waals surface area contributed by atoms with Crippen LogP contribution in [-0.2, 0) is 14.9 Å². The van der Waals surface area contributed by atoms with Gasteiger partial charge >= 0.3 is 12.1 Å². The van der Waals surface area contributed by atoms with Crippen LogP contribution in [0.3, 0.4) is 0 Å². The SMILES string of the molecule is CNC(=O)CCSc1cnc(NC(=O)N2CC3(CCN(C(=O)OC)C3)c3cc(Cl)ccc32)s1. The van der Waals surface area contributed by atoms with E-state index in [1.54, 1.807) is 29.1 Å². The number of amides is 4. The predicted molar refractivity (Wildman–Crippen MR) is 130 cm³/mol. The number of anilines is 2. The number of thiazole rings is 1. The van der Waals surface area contributed by atoms with Crippen LogP contribution in [0.2, 0.25) is 5.02 Å². The Kier molecular flexibility index (Phi) is 7.01. The number of hydrogen-bond donors (Lipinski definition) is 2. The number of benzene rings is 1. The number of likely N-dealkylation sites (tertiary alicyclic amines) is 1. The molecular weight excluding hydrogens is 486 g/mol. The number of nitrogens with zero attached hydrogens (tertiary/aromatic N) is 3. The third kappa shape index (κ3) is 4.90. The highest BCUT2D eigenvalue weighted by atomic mass is 35.5. The maximum Gasteiger partial charge on any atom is 0.409 e. The fourth-order valence-electron chi connectivity index (χ4n) is 4.24. The van der Waals surface area contributed by atoms with Crippen molar-refractivity contribution in [3.8, 4) is 0 Å². The molecule has 1 spiro atoms. The van der Waals surface area contributed by atoms with Gasteiger partial charge in [-0.2, -0.15) is 0 Å². The van der Waals surface area contributed by atoms with Crippen LogP contribution >= 0.6 is 34.7 Å². The number of fused-ring (bicyclic) bond motifs is 2. The summed E-state index contributed by atoms with van der Waals surface area (Å²) < 4.78 is 5.81. The molecule has 0 aliphatic carbocycles. The first-order chi connectivity index (χ1) is 15.8. The lowest BCUT2D eigenvalue weighted by atomic mass is 9.81. The first kappa shape index (κ1) is 23.7. The molecule has 2 aliphatic heterocycles. The Bertz CT molecular complexity index is 1080. The molecular formula is C21H24ClN5O4S2. The molecule has 0 bridgehead atoms. The zero-order valence-corrected chi connectivity index (χ0v) is 20.6.